The van der Waals surface area contributed by atoms with E-state index in [4.69, 9.17) is 4.74 Å². The monoisotopic (exact) mass is 172 g/mol. The van der Waals surface area contributed by atoms with E-state index >= 15 is 0 Å². The van der Waals surface area contributed by atoms with Crippen molar-refractivity contribution in [1.82, 2.24) is 0 Å². The Morgan fingerprint density at radius 3 is 2.50 bits per heavy atom. The molecule has 0 bridgehead atoms. The minimum Gasteiger partial charge on any atom is -0.387 e. The first-order valence-corrected chi connectivity index (χ1v) is 4.69. The summed E-state index contributed by atoms with van der Waals surface area (Å²) in [6.45, 7) is 4.91. The molecule has 1 fully saturated rings. The zero-order valence-electron chi connectivity index (χ0n) is 8.39. The van der Waals surface area contributed by atoms with E-state index in [2.05, 4.69) is 13.8 Å². The smallest absolute Gasteiger partial charge is 0.0885 e. The highest BCUT2D eigenvalue weighted by Crippen LogP contribution is 2.40. The van der Waals surface area contributed by atoms with E-state index in [1.165, 1.54) is 6.42 Å². The van der Waals surface area contributed by atoms with Crippen LogP contribution in [0, 0.1) is 5.41 Å². The summed E-state index contributed by atoms with van der Waals surface area (Å²) in [5.74, 6) is 0. The molecule has 1 aliphatic rings. The van der Waals surface area contributed by atoms with Crippen molar-refractivity contribution in [1.29, 1.82) is 0 Å². The van der Waals surface area contributed by atoms with Crippen molar-refractivity contribution in [3.8, 4) is 0 Å². The van der Waals surface area contributed by atoms with Gasteiger partial charge in [-0.25, -0.2) is 0 Å². The number of rotatable bonds is 2. The summed E-state index contributed by atoms with van der Waals surface area (Å²) in [5.41, 5.74) is -0.276. The average Bonchev–Trinajstić information content (AvgIpc) is 1.83. The largest absolute Gasteiger partial charge is 0.387 e. The van der Waals surface area contributed by atoms with Crippen LogP contribution in [0.4, 0.5) is 0 Å². The van der Waals surface area contributed by atoms with E-state index in [0.717, 1.165) is 19.3 Å². The molecule has 12 heavy (non-hydrogen) atoms. The maximum absolute atomic E-state index is 10.1. The van der Waals surface area contributed by atoms with Crippen LogP contribution >= 0.6 is 0 Å². The fourth-order valence-electron chi connectivity index (χ4n) is 2.36. The second kappa shape index (κ2) is 3.35. The van der Waals surface area contributed by atoms with E-state index in [0.29, 0.717) is 6.61 Å². The number of methoxy groups -OCH3 is 1. The van der Waals surface area contributed by atoms with Gasteiger partial charge >= 0.3 is 0 Å². The van der Waals surface area contributed by atoms with Crippen molar-refractivity contribution >= 4 is 0 Å². The quantitative estimate of drug-likeness (QED) is 0.690. The molecule has 1 aliphatic carbocycles. The molecule has 0 radical (unpaired) electrons. The summed E-state index contributed by atoms with van der Waals surface area (Å²) in [4.78, 5) is 0. The Hall–Kier alpha value is -0.0800. The van der Waals surface area contributed by atoms with Gasteiger partial charge in [-0.05, 0) is 31.1 Å². The highest BCUT2D eigenvalue weighted by molar-refractivity contribution is 4.90. The zero-order valence-corrected chi connectivity index (χ0v) is 8.39. The molecule has 0 aromatic carbocycles. The third-order valence-electron chi connectivity index (χ3n) is 2.72. The molecule has 0 amide bonds. The number of hydrogen-bond donors (Lipinski definition) is 1. The predicted octanol–water partition coefficient (Wildman–Crippen LogP) is 1.96. The summed E-state index contributed by atoms with van der Waals surface area (Å²) in [6.07, 6.45) is 4.10. The molecule has 2 heteroatoms. The first-order chi connectivity index (χ1) is 5.47. The first kappa shape index (κ1) is 10.0. The van der Waals surface area contributed by atoms with Crippen LogP contribution in [0.25, 0.3) is 0 Å². The van der Waals surface area contributed by atoms with Crippen LogP contribution in [0.3, 0.4) is 0 Å². The molecular formula is C10H20O2. The lowest BCUT2D eigenvalue weighted by atomic mass is 9.70. The highest BCUT2D eigenvalue weighted by atomic mass is 16.5. The van der Waals surface area contributed by atoms with Gasteiger partial charge in [0.1, 0.15) is 0 Å². The summed E-state index contributed by atoms with van der Waals surface area (Å²) >= 11 is 0. The Labute approximate surface area is 74.9 Å². The molecule has 1 saturated carbocycles. The van der Waals surface area contributed by atoms with Crippen LogP contribution in [0.2, 0.25) is 0 Å². The number of hydrogen-bond acceptors (Lipinski definition) is 2. The topological polar surface area (TPSA) is 29.5 Å². The van der Waals surface area contributed by atoms with Gasteiger partial charge in [-0.2, -0.15) is 0 Å². The molecule has 0 aliphatic heterocycles. The van der Waals surface area contributed by atoms with E-state index in [9.17, 15) is 5.11 Å². The molecule has 72 valence electrons. The van der Waals surface area contributed by atoms with E-state index in [1.807, 2.05) is 0 Å². The third-order valence-corrected chi connectivity index (χ3v) is 2.72. The zero-order chi connectivity index (χ0) is 9.24. The van der Waals surface area contributed by atoms with Gasteiger partial charge in [0, 0.05) is 7.11 Å². The van der Waals surface area contributed by atoms with Crippen molar-refractivity contribution in [3.63, 3.8) is 0 Å². The second-order valence-electron chi connectivity index (χ2n) is 4.85. The van der Waals surface area contributed by atoms with E-state index < -0.39 is 5.60 Å². The van der Waals surface area contributed by atoms with Crippen LogP contribution < -0.4 is 0 Å². The van der Waals surface area contributed by atoms with Crippen LogP contribution in [0.1, 0.15) is 39.5 Å². The van der Waals surface area contributed by atoms with Crippen molar-refractivity contribution in [3.05, 3.63) is 0 Å². The number of aliphatic hydroxyl groups is 1. The minimum absolute atomic E-state index is 0.283. The van der Waals surface area contributed by atoms with Gasteiger partial charge in [-0.15, -0.1) is 0 Å². The maximum atomic E-state index is 10.1. The maximum Gasteiger partial charge on any atom is 0.0885 e. The summed E-state index contributed by atoms with van der Waals surface area (Å²) in [7, 11) is 1.65. The Bertz CT molecular complexity index is 150. The van der Waals surface area contributed by atoms with E-state index in [-0.39, 0.29) is 5.41 Å². The van der Waals surface area contributed by atoms with Crippen molar-refractivity contribution < 1.29 is 9.84 Å². The third kappa shape index (κ3) is 2.46. The standard InChI is InChI=1S/C10H20O2/c1-9(2)5-4-6-10(11,7-9)8-12-3/h11H,4-8H2,1-3H3. The molecule has 1 unspecified atom stereocenters. The molecule has 0 aromatic rings. The first-order valence-electron chi connectivity index (χ1n) is 4.69. The summed E-state index contributed by atoms with van der Waals surface area (Å²) in [5, 5.41) is 10.1. The van der Waals surface area contributed by atoms with Gasteiger partial charge in [-0.3, -0.25) is 0 Å². The van der Waals surface area contributed by atoms with Gasteiger partial charge in [-0.1, -0.05) is 13.8 Å². The summed E-state index contributed by atoms with van der Waals surface area (Å²) in [6, 6.07) is 0. The van der Waals surface area contributed by atoms with Crippen molar-refractivity contribution in [2.75, 3.05) is 13.7 Å². The predicted molar refractivity (Wildman–Crippen MR) is 49.1 cm³/mol. The van der Waals surface area contributed by atoms with Crippen molar-refractivity contribution in [2.24, 2.45) is 5.41 Å². The van der Waals surface area contributed by atoms with E-state index in [1.54, 1.807) is 7.11 Å². The van der Waals surface area contributed by atoms with Crippen LogP contribution in [0.5, 0.6) is 0 Å². The molecule has 0 aromatic heterocycles. The fraction of sp³-hybridized carbons (Fsp3) is 1.00. The van der Waals surface area contributed by atoms with Crippen LogP contribution in [-0.2, 0) is 4.74 Å². The normalized spacial score (nSPS) is 35.0. The summed E-state index contributed by atoms with van der Waals surface area (Å²) < 4.78 is 5.03. The fourth-order valence-corrected chi connectivity index (χ4v) is 2.36. The lowest BCUT2D eigenvalue weighted by Gasteiger charge is -2.41. The van der Waals surface area contributed by atoms with Crippen molar-refractivity contribution in [2.45, 2.75) is 45.1 Å². The molecule has 2 nitrogen and oxygen atoms in total. The molecule has 0 spiro atoms. The van der Waals surface area contributed by atoms with Gasteiger partial charge in [0.25, 0.3) is 0 Å². The lowest BCUT2D eigenvalue weighted by molar-refractivity contribution is -0.0849. The van der Waals surface area contributed by atoms with Gasteiger partial charge < -0.3 is 9.84 Å². The molecule has 0 heterocycles. The lowest BCUT2D eigenvalue weighted by Crippen LogP contribution is -2.42. The molecule has 1 atom stereocenters. The minimum atomic E-state index is -0.559. The Morgan fingerprint density at radius 2 is 2.00 bits per heavy atom. The van der Waals surface area contributed by atoms with Crippen LogP contribution in [-0.4, -0.2) is 24.4 Å². The molecule has 1 N–H and O–H groups in total. The van der Waals surface area contributed by atoms with Crippen LogP contribution in [0.15, 0.2) is 0 Å². The number of ether oxygens (including phenoxy) is 1. The Kier molecular flexibility index (Phi) is 2.79. The molecular weight excluding hydrogens is 152 g/mol. The van der Waals surface area contributed by atoms with Gasteiger partial charge in [0.15, 0.2) is 0 Å². The Balaban J connectivity index is 2.55. The highest BCUT2D eigenvalue weighted by Gasteiger charge is 2.38. The second-order valence-corrected chi connectivity index (χ2v) is 4.85. The average molecular weight is 172 g/mol. The molecule has 1 rings (SSSR count). The van der Waals surface area contributed by atoms with Gasteiger partial charge in [0.05, 0.1) is 12.2 Å². The molecule has 0 saturated heterocycles. The Morgan fingerprint density at radius 1 is 1.33 bits per heavy atom. The SMILES string of the molecule is COCC1(O)CCCC(C)(C)C1. The van der Waals surface area contributed by atoms with Gasteiger partial charge in [0.2, 0.25) is 0 Å².